The van der Waals surface area contributed by atoms with Crippen LogP contribution in [0, 0.1) is 34.1 Å². The summed E-state index contributed by atoms with van der Waals surface area (Å²) in [6.45, 7) is 8.03. The first-order valence-corrected chi connectivity index (χ1v) is 11.4. The van der Waals surface area contributed by atoms with Gasteiger partial charge in [-0.1, -0.05) is 37.2 Å². The summed E-state index contributed by atoms with van der Waals surface area (Å²) in [5.41, 5.74) is -1.09. The van der Waals surface area contributed by atoms with Crippen molar-refractivity contribution in [3.05, 3.63) is 75.7 Å². The Labute approximate surface area is 217 Å². The van der Waals surface area contributed by atoms with Gasteiger partial charge in [-0.25, -0.2) is 22.4 Å². The number of rotatable bonds is 10. The smallest absolute Gasteiger partial charge is 0.361 e. The molecule has 0 radical (unpaired) electrons. The molecule has 2 aromatic rings. The number of benzene rings is 2. The van der Waals surface area contributed by atoms with Gasteiger partial charge >= 0.3 is 11.9 Å². The van der Waals surface area contributed by atoms with E-state index in [4.69, 9.17) is 5.21 Å². The van der Waals surface area contributed by atoms with Crippen LogP contribution < -0.4 is 0 Å². The Morgan fingerprint density at radius 2 is 1.50 bits per heavy atom. The summed E-state index contributed by atoms with van der Waals surface area (Å²) in [6.07, 6.45) is 0.656. The molecule has 0 spiro atoms. The Kier molecular flexibility index (Phi) is 17.1. The van der Waals surface area contributed by atoms with Gasteiger partial charge in [0.05, 0.1) is 19.6 Å². The van der Waals surface area contributed by atoms with E-state index in [2.05, 4.69) is 38.7 Å². The largest absolute Gasteiger partial charge is 0.466 e. The number of esters is 2. The lowest BCUT2D eigenvalue weighted by atomic mass is 10.1. The van der Waals surface area contributed by atoms with Crippen molar-refractivity contribution in [2.75, 3.05) is 19.8 Å². The summed E-state index contributed by atoms with van der Waals surface area (Å²) >= 11 is 0. The van der Waals surface area contributed by atoms with E-state index in [0.717, 1.165) is 24.6 Å². The van der Waals surface area contributed by atoms with Crippen LogP contribution in [0.15, 0.2) is 46.9 Å². The average molecular weight is 547 g/mol. The van der Waals surface area contributed by atoms with Gasteiger partial charge in [0.1, 0.15) is 6.61 Å². The molecule has 2 rings (SSSR count). The normalized spacial score (nSPS) is 10.4. The van der Waals surface area contributed by atoms with Crippen molar-refractivity contribution in [2.45, 2.75) is 40.5 Å². The molecule has 0 unspecified atom stereocenters. The molecule has 0 heterocycles. The molecular formula is C25H30F4N2O7. The lowest BCUT2D eigenvalue weighted by molar-refractivity contribution is -0.142. The molecule has 0 atom stereocenters. The van der Waals surface area contributed by atoms with Gasteiger partial charge in [0, 0.05) is 11.1 Å². The topological polar surface area (TPSA) is 124 Å². The van der Waals surface area contributed by atoms with Crippen LogP contribution in [-0.2, 0) is 30.3 Å². The minimum absolute atomic E-state index is 0.0171. The zero-order valence-electron chi connectivity index (χ0n) is 21.4. The summed E-state index contributed by atoms with van der Waals surface area (Å²) in [4.78, 5) is 35.7. The quantitative estimate of drug-likeness (QED) is 0.0793. The van der Waals surface area contributed by atoms with Crippen molar-refractivity contribution in [2.24, 2.45) is 16.4 Å². The van der Waals surface area contributed by atoms with Crippen LogP contribution in [0.1, 0.15) is 45.2 Å². The zero-order valence-corrected chi connectivity index (χ0v) is 21.4. The molecule has 0 bridgehead atoms. The molecule has 0 saturated heterocycles. The average Bonchev–Trinajstić information content (AvgIpc) is 2.86. The molecule has 0 aliphatic heterocycles. The molecule has 0 aromatic heterocycles. The number of ether oxygens (including phenoxy) is 2. The van der Waals surface area contributed by atoms with E-state index in [-0.39, 0.29) is 25.2 Å². The van der Waals surface area contributed by atoms with E-state index < -0.39 is 46.5 Å². The minimum Gasteiger partial charge on any atom is -0.466 e. The summed E-state index contributed by atoms with van der Waals surface area (Å²) in [7, 11) is 0. The van der Waals surface area contributed by atoms with Gasteiger partial charge in [-0.15, -0.1) is 4.91 Å². The Morgan fingerprint density at radius 3 is 2.03 bits per heavy atom. The van der Waals surface area contributed by atoms with E-state index in [9.17, 15) is 32.1 Å². The maximum Gasteiger partial charge on any atom is 0.361 e. The van der Waals surface area contributed by atoms with E-state index >= 15 is 0 Å². The lowest BCUT2D eigenvalue weighted by Gasteiger charge is -2.05. The van der Waals surface area contributed by atoms with Crippen molar-refractivity contribution in [1.29, 1.82) is 0 Å². The molecule has 0 aliphatic rings. The SMILES string of the molecule is CC(C)CCON=O.CCOC(=O)C(=NO)c1cccc(F)c1F.CCOC(=O)Cc1cccc(F)c1F. The van der Waals surface area contributed by atoms with Gasteiger partial charge in [0.25, 0.3) is 0 Å². The summed E-state index contributed by atoms with van der Waals surface area (Å²) in [5, 5.41) is 13.5. The highest BCUT2D eigenvalue weighted by atomic mass is 19.2. The molecule has 9 nitrogen and oxygen atoms in total. The lowest BCUT2D eigenvalue weighted by Crippen LogP contribution is -2.20. The molecule has 2 aromatic carbocycles. The maximum absolute atomic E-state index is 13.3. The molecule has 0 fully saturated rings. The number of oxime groups is 1. The number of carbonyl (C=O) groups is 2. The number of halogens is 4. The Bertz CT molecular complexity index is 1070. The second-order valence-corrected chi connectivity index (χ2v) is 7.56. The maximum atomic E-state index is 13.3. The van der Waals surface area contributed by atoms with Gasteiger partial charge in [0.2, 0.25) is 0 Å². The molecule has 0 saturated carbocycles. The summed E-state index contributed by atoms with van der Waals surface area (Å²) in [5.74, 6) is -5.33. The van der Waals surface area contributed by atoms with E-state index in [1.165, 1.54) is 25.1 Å². The van der Waals surface area contributed by atoms with Gasteiger partial charge in [-0.05, 0) is 44.4 Å². The highest BCUT2D eigenvalue weighted by molar-refractivity contribution is 6.43. The van der Waals surface area contributed by atoms with Crippen LogP contribution in [0.3, 0.4) is 0 Å². The van der Waals surface area contributed by atoms with Crippen LogP contribution in [0.4, 0.5) is 17.6 Å². The molecule has 0 amide bonds. The third kappa shape index (κ3) is 12.8. The minimum atomic E-state index is -1.26. The van der Waals surface area contributed by atoms with Crippen LogP contribution in [0.5, 0.6) is 0 Å². The van der Waals surface area contributed by atoms with E-state index in [1.54, 1.807) is 6.92 Å². The fourth-order valence-corrected chi connectivity index (χ4v) is 2.47. The van der Waals surface area contributed by atoms with Gasteiger partial charge in [-0.2, -0.15) is 0 Å². The summed E-state index contributed by atoms with van der Waals surface area (Å²) < 4.78 is 61.0. The van der Waals surface area contributed by atoms with E-state index in [1.807, 2.05) is 0 Å². The third-order valence-corrected chi connectivity index (χ3v) is 4.29. The van der Waals surface area contributed by atoms with E-state index in [0.29, 0.717) is 12.5 Å². The summed E-state index contributed by atoms with van der Waals surface area (Å²) in [6, 6.07) is 6.91. The highest BCUT2D eigenvalue weighted by Crippen LogP contribution is 2.14. The molecule has 210 valence electrons. The van der Waals surface area contributed by atoms with Crippen molar-refractivity contribution in [1.82, 2.24) is 0 Å². The van der Waals surface area contributed by atoms with Crippen LogP contribution in [-0.4, -0.2) is 42.7 Å². The van der Waals surface area contributed by atoms with Crippen LogP contribution >= 0.6 is 0 Å². The molecule has 1 N–H and O–H groups in total. The Morgan fingerprint density at radius 1 is 0.921 bits per heavy atom. The van der Waals surface area contributed by atoms with Crippen LogP contribution in [0.2, 0.25) is 0 Å². The standard InChI is InChI=1S/C10H9F2NO3.C10H10F2O2.C5H11NO2/c1-2-16-10(14)9(13-15)6-4-3-5-7(11)8(6)12;1-2-14-9(13)6-7-4-3-5-8(11)10(7)12;1-5(2)3-4-8-6-7/h3-5,15H,2H2,1H3;3-5H,2,6H2,1H3;5H,3-4H2,1-2H3. The predicted octanol–water partition coefficient (Wildman–Crippen LogP) is 5.51. The first kappa shape index (κ1) is 34.0. The second kappa shape index (κ2) is 19.1. The third-order valence-electron chi connectivity index (χ3n) is 4.29. The number of hydrogen-bond donors (Lipinski definition) is 1. The zero-order chi connectivity index (χ0) is 29.1. The first-order chi connectivity index (χ1) is 18.0. The molecule has 38 heavy (non-hydrogen) atoms. The molecular weight excluding hydrogens is 516 g/mol. The van der Waals surface area contributed by atoms with Gasteiger partial charge < -0.3 is 19.5 Å². The van der Waals surface area contributed by atoms with Crippen molar-refractivity contribution < 1.29 is 46.7 Å². The Balaban J connectivity index is 0.000000571. The number of hydrogen-bond acceptors (Lipinski definition) is 9. The molecule has 13 heteroatoms. The monoisotopic (exact) mass is 546 g/mol. The second-order valence-electron chi connectivity index (χ2n) is 7.56. The van der Waals surface area contributed by atoms with Gasteiger partial charge in [0.15, 0.2) is 34.3 Å². The Hall–Kier alpha value is -4.03. The predicted molar refractivity (Wildman–Crippen MR) is 129 cm³/mol. The van der Waals surface area contributed by atoms with Crippen molar-refractivity contribution in [3.8, 4) is 0 Å². The highest BCUT2D eigenvalue weighted by Gasteiger charge is 2.21. The fraction of sp³-hybridized carbons (Fsp3) is 0.400. The number of carbonyl (C=O) groups excluding carboxylic acids is 2. The fourth-order valence-electron chi connectivity index (χ4n) is 2.47. The first-order valence-electron chi connectivity index (χ1n) is 11.4. The number of nitrogens with zero attached hydrogens (tertiary/aromatic N) is 2. The molecule has 0 aliphatic carbocycles. The van der Waals surface area contributed by atoms with Gasteiger partial charge in [-0.3, -0.25) is 4.79 Å². The van der Waals surface area contributed by atoms with Crippen molar-refractivity contribution in [3.63, 3.8) is 0 Å². The van der Waals surface area contributed by atoms with Crippen molar-refractivity contribution >= 4 is 17.7 Å². The van der Waals surface area contributed by atoms with Crippen LogP contribution in [0.25, 0.3) is 0 Å².